The van der Waals surface area contributed by atoms with Gasteiger partial charge in [0.2, 0.25) is 0 Å². The minimum atomic E-state index is -0.162. The molecular weight excluding hydrogens is 338 g/mol. The second-order valence-electron chi connectivity index (χ2n) is 6.71. The summed E-state index contributed by atoms with van der Waals surface area (Å²) < 4.78 is 0. The predicted octanol–water partition coefficient (Wildman–Crippen LogP) is 1.13. The second-order valence-corrected chi connectivity index (χ2v) is 7.71. The highest BCUT2D eigenvalue weighted by molar-refractivity contribution is 7.20. The van der Waals surface area contributed by atoms with Gasteiger partial charge in [-0.15, -0.1) is 11.3 Å². The summed E-state index contributed by atoms with van der Waals surface area (Å²) in [6, 6.07) is 0. The minimum Gasteiger partial charge on any atom is -0.335 e. The topological polar surface area (TPSA) is 72.5 Å². The lowest BCUT2D eigenvalue weighted by Gasteiger charge is -2.33. The maximum atomic E-state index is 12.9. The number of piperazine rings is 1. The van der Waals surface area contributed by atoms with Gasteiger partial charge in [-0.2, -0.15) is 0 Å². The van der Waals surface area contributed by atoms with E-state index in [0.717, 1.165) is 38.3 Å². The van der Waals surface area contributed by atoms with Crippen molar-refractivity contribution in [3.05, 3.63) is 26.6 Å². The number of carbonyl (C=O) groups excluding carboxylic acids is 1. The van der Waals surface area contributed by atoms with E-state index < -0.39 is 0 Å². The van der Waals surface area contributed by atoms with Crippen LogP contribution in [-0.4, -0.2) is 77.4 Å². The molecule has 1 fully saturated rings. The normalized spacial score (nSPS) is 16.1. The number of H-pyrrole nitrogens is 1. The maximum Gasteiger partial charge on any atom is 0.264 e. The van der Waals surface area contributed by atoms with Crippen LogP contribution in [0, 0.1) is 6.92 Å². The molecule has 1 aliphatic rings. The molecule has 0 saturated carbocycles. The fraction of sp³-hybridized carbons (Fsp3) is 0.588. The maximum absolute atomic E-state index is 12.9. The number of amides is 1. The summed E-state index contributed by atoms with van der Waals surface area (Å²) >= 11 is 1.33. The van der Waals surface area contributed by atoms with Crippen LogP contribution >= 0.6 is 11.3 Å². The van der Waals surface area contributed by atoms with Crippen molar-refractivity contribution in [2.24, 2.45) is 0 Å². The first kappa shape index (κ1) is 18.0. The number of aromatic amines is 1. The van der Waals surface area contributed by atoms with Crippen LogP contribution < -0.4 is 5.56 Å². The fourth-order valence-electron chi connectivity index (χ4n) is 3.18. The zero-order chi connectivity index (χ0) is 18.1. The Morgan fingerprint density at radius 1 is 1.28 bits per heavy atom. The van der Waals surface area contributed by atoms with Crippen LogP contribution in [-0.2, 0) is 6.54 Å². The molecule has 2 aromatic heterocycles. The van der Waals surface area contributed by atoms with Crippen LogP contribution in [0.2, 0.25) is 0 Å². The largest absolute Gasteiger partial charge is 0.335 e. The van der Waals surface area contributed by atoms with Gasteiger partial charge >= 0.3 is 0 Å². The molecule has 2 aromatic rings. The van der Waals surface area contributed by atoms with Crippen LogP contribution in [0.1, 0.15) is 28.0 Å². The van der Waals surface area contributed by atoms with Gasteiger partial charge in [0.1, 0.15) is 10.7 Å². The van der Waals surface area contributed by atoms with Gasteiger partial charge in [-0.25, -0.2) is 4.98 Å². The molecule has 1 saturated heterocycles. The SMILES string of the molecule is CCN1CCN(C(=O)c2sc3nc(CN(C)C)[nH]c(=O)c3c2C)CC1. The van der Waals surface area contributed by atoms with Gasteiger partial charge in [0, 0.05) is 26.2 Å². The lowest BCUT2D eigenvalue weighted by molar-refractivity contribution is 0.0647. The third-order valence-electron chi connectivity index (χ3n) is 4.62. The van der Waals surface area contributed by atoms with Crippen molar-refractivity contribution in [2.75, 3.05) is 46.8 Å². The Balaban J connectivity index is 1.92. The van der Waals surface area contributed by atoms with Crippen LogP contribution in [0.25, 0.3) is 10.2 Å². The Labute approximate surface area is 151 Å². The van der Waals surface area contributed by atoms with Crippen molar-refractivity contribution in [3.8, 4) is 0 Å². The van der Waals surface area contributed by atoms with E-state index in [-0.39, 0.29) is 11.5 Å². The van der Waals surface area contributed by atoms with E-state index in [1.54, 1.807) is 0 Å². The van der Waals surface area contributed by atoms with Crippen molar-refractivity contribution >= 4 is 27.5 Å². The Kier molecular flexibility index (Phi) is 5.21. The molecule has 0 aliphatic carbocycles. The van der Waals surface area contributed by atoms with Crippen LogP contribution in [0.5, 0.6) is 0 Å². The molecular formula is C17H25N5O2S. The summed E-state index contributed by atoms with van der Waals surface area (Å²) in [5.41, 5.74) is 0.582. The number of hydrogen-bond donors (Lipinski definition) is 1. The highest BCUT2D eigenvalue weighted by Crippen LogP contribution is 2.28. The monoisotopic (exact) mass is 363 g/mol. The number of nitrogens with zero attached hydrogens (tertiary/aromatic N) is 4. The molecule has 0 bridgehead atoms. The molecule has 7 nitrogen and oxygen atoms in total. The summed E-state index contributed by atoms with van der Waals surface area (Å²) in [5.74, 6) is 0.643. The third-order valence-corrected chi connectivity index (χ3v) is 5.79. The molecule has 0 unspecified atom stereocenters. The van der Waals surface area contributed by atoms with E-state index >= 15 is 0 Å². The van der Waals surface area contributed by atoms with Gasteiger partial charge in [0.05, 0.1) is 16.8 Å². The second kappa shape index (κ2) is 7.23. The number of aromatic nitrogens is 2. The predicted molar refractivity (Wildman–Crippen MR) is 100 cm³/mol. The van der Waals surface area contributed by atoms with Crippen molar-refractivity contribution in [1.82, 2.24) is 24.7 Å². The molecule has 1 amide bonds. The van der Waals surface area contributed by atoms with E-state index in [1.807, 2.05) is 30.8 Å². The van der Waals surface area contributed by atoms with Gasteiger partial charge in [-0.3, -0.25) is 9.59 Å². The summed E-state index contributed by atoms with van der Waals surface area (Å²) in [7, 11) is 3.85. The molecule has 3 heterocycles. The van der Waals surface area contributed by atoms with Crippen molar-refractivity contribution < 1.29 is 4.79 Å². The van der Waals surface area contributed by atoms with Gasteiger partial charge < -0.3 is 19.7 Å². The van der Waals surface area contributed by atoms with Crippen molar-refractivity contribution in [3.63, 3.8) is 0 Å². The molecule has 0 atom stereocenters. The highest BCUT2D eigenvalue weighted by atomic mass is 32.1. The van der Waals surface area contributed by atoms with Crippen molar-refractivity contribution in [1.29, 1.82) is 0 Å². The van der Waals surface area contributed by atoms with E-state index in [2.05, 4.69) is 21.8 Å². The third kappa shape index (κ3) is 3.61. The molecule has 0 spiro atoms. The van der Waals surface area contributed by atoms with E-state index in [4.69, 9.17) is 0 Å². The van der Waals surface area contributed by atoms with E-state index in [9.17, 15) is 9.59 Å². The lowest BCUT2D eigenvalue weighted by atomic mass is 10.2. The molecule has 1 aliphatic heterocycles. The van der Waals surface area contributed by atoms with Gasteiger partial charge in [0.25, 0.3) is 11.5 Å². The summed E-state index contributed by atoms with van der Waals surface area (Å²) in [4.78, 5) is 40.2. The number of aryl methyl sites for hydroxylation is 1. The first-order valence-corrected chi connectivity index (χ1v) is 9.41. The Bertz CT molecular complexity index is 833. The van der Waals surface area contributed by atoms with E-state index in [1.165, 1.54) is 11.3 Å². The number of likely N-dealkylation sites (N-methyl/N-ethyl adjacent to an activating group) is 1. The number of carbonyl (C=O) groups is 1. The highest BCUT2D eigenvalue weighted by Gasteiger charge is 2.26. The standard InChI is InChI=1S/C17H25N5O2S/c1-5-21-6-8-22(9-7-21)17(24)14-11(2)13-15(23)18-12(10-20(3)4)19-16(13)25-14/h5-10H2,1-4H3,(H,18,19,23). The number of rotatable bonds is 4. The minimum absolute atomic E-state index is 0.0183. The number of nitrogens with one attached hydrogen (secondary N) is 1. The summed E-state index contributed by atoms with van der Waals surface area (Å²) in [6.07, 6.45) is 0. The number of thiophene rings is 1. The first-order valence-electron chi connectivity index (χ1n) is 8.59. The molecule has 25 heavy (non-hydrogen) atoms. The molecule has 0 radical (unpaired) electrons. The number of fused-ring (bicyclic) bond motifs is 1. The lowest BCUT2D eigenvalue weighted by Crippen LogP contribution is -2.48. The number of hydrogen-bond acceptors (Lipinski definition) is 6. The fourth-order valence-corrected chi connectivity index (χ4v) is 4.35. The smallest absolute Gasteiger partial charge is 0.264 e. The van der Waals surface area contributed by atoms with E-state index in [0.29, 0.717) is 27.5 Å². The zero-order valence-corrected chi connectivity index (χ0v) is 16.1. The average Bonchev–Trinajstić information content (AvgIpc) is 2.90. The van der Waals surface area contributed by atoms with Crippen molar-refractivity contribution in [2.45, 2.75) is 20.4 Å². The summed E-state index contributed by atoms with van der Waals surface area (Å²) in [5, 5.41) is 0.544. The van der Waals surface area contributed by atoms with Crippen LogP contribution in [0.4, 0.5) is 0 Å². The first-order chi connectivity index (χ1) is 11.9. The zero-order valence-electron chi connectivity index (χ0n) is 15.3. The van der Waals surface area contributed by atoms with Gasteiger partial charge in [0.15, 0.2) is 0 Å². The Morgan fingerprint density at radius 3 is 2.56 bits per heavy atom. The molecule has 1 N–H and O–H groups in total. The van der Waals surface area contributed by atoms with Gasteiger partial charge in [-0.1, -0.05) is 6.92 Å². The Hall–Kier alpha value is -1.77. The molecule has 3 rings (SSSR count). The average molecular weight is 363 g/mol. The summed E-state index contributed by atoms with van der Waals surface area (Å²) in [6.45, 7) is 8.82. The quantitative estimate of drug-likeness (QED) is 0.882. The molecule has 0 aromatic carbocycles. The molecule has 136 valence electrons. The van der Waals surface area contributed by atoms with Crippen LogP contribution in [0.15, 0.2) is 4.79 Å². The van der Waals surface area contributed by atoms with Gasteiger partial charge in [-0.05, 0) is 33.1 Å². The Morgan fingerprint density at radius 2 is 1.96 bits per heavy atom. The molecule has 8 heteroatoms. The van der Waals surface area contributed by atoms with Crippen LogP contribution in [0.3, 0.4) is 0 Å².